The molecule has 2 heterocycles. The van der Waals surface area contributed by atoms with Crippen molar-refractivity contribution in [2.75, 3.05) is 0 Å². The van der Waals surface area contributed by atoms with Gasteiger partial charge in [-0.1, -0.05) is 0 Å². The summed E-state index contributed by atoms with van der Waals surface area (Å²) < 4.78 is 2.22. The topological polar surface area (TPSA) is 80.9 Å². The number of aryl methyl sites for hydroxylation is 1. The quantitative estimate of drug-likeness (QED) is 0.899. The van der Waals surface area contributed by atoms with Crippen LogP contribution in [0.5, 0.6) is 0 Å². The Hall–Kier alpha value is -1.76. The van der Waals surface area contributed by atoms with E-state index >= 15 is 0 Å². The van der Waals surface area contributed by atoms with Crippen LogP contribution in [0.15, 0.2) is 23.1 Å². The molecule has 0 saturated carbocycles. The van der Waals surface area contributed by atoms with Crippen molar-refractivity contribution in [3.05, 3.63) is 28.8 Å². The van der Waals surface area contributed by atoms with E-state index in [1.165, 1.54) is 12.4 Å². The molecule has 2 rings (SSSR count). The van der Waals surface area contributed by atoms with E-state index in [-0.39, 0.29) is 5.69 Å². The van der Waals surface area contributed by atoms with Crippen molar-refractivity contribution in [1.82, 2.24) is 19.7 Å². The summed E-state index contributed by atoms with van der Waals surface area (Å²) in [5.41, 5.74) is 0.791. The Bertz CT molecular complexity index is 533. The lowest BCUT2D eigenvalue weighted by Crippen LogP contribution is -2.07. The SMILES string of the molecule is Cn1ncc(Br)c1-c1nccnc1C(=O)O. The van der Waals surface area contributed by atoms with Crippen LogP contribution in [0.4, 0.5) is 0 Å². The number of rotatable bonds is 2. The predicted octanol–water partition coefficient (Wildman–Crippen LogP) is 1.34. The van der Waals surface area contributed by atoms with Crippen molar-refractivity contribution in [3.8, 4) is 11.4 Å². The lowest BCUT2D eigenvalue weighted by Gasteiger charge is -2.04. The van der Waals surface area contributed by atoms with Crippen molar-refractivity contribution >= 4 is 21.9 Å². The normalized spacial score (nSPS) is 10.4. The van der Waals surface area contributed by atoms with E-state index < -0.39 is 5.97 Å². The summed E-state index contributed by atoms with van der Waals surface area (Å²) in [7, 11) is 1.71. The smallest absolute Gasteiger partial charge is 0.356 e. The van der Waals surface area contributed by atoms with E-state index in [2.05, 4.69) is 31.0 Å². The van der Waals surface area contributed by atoms with Crippen LogP contribution < -0.4 is 0 Å². The highest BCUT2D eigenvalue weighted by molar-refractivity contribution is 9.10. The minimum absolute atomic E-state index is 0.0909. The van der Waals surface area contributed by atoms with Crippen LogP contribution in [0.3, 0.4) is 0 Å². The van der Waals surface area contributed by atoms with Gasteiger partial charge in [-0.2, -0.15) is 5.10 Å². The zero-order valence-corrected chi connectivity index (χ0v) is 9.84. The number of carboxylic acids is 1. The number of hydrogen-bond acceptors (Lipinski definition) is 4. The number of halogens is 1. The lowest BCUT2D eigenvalue weighted by atomic mass is 10.2. The summed E-state index contributed by atoms with van der Waals surface area (Å²) in [5, 5.41) is 13.0. The van der Waals surface area contributed by atoms with Gasteiger partial charge in [-0.15, -0.1) is 0 Å². The highest BCUT2D eigenvalue weighted by Gasteiger charge is 2.19. The molecule has 0 atom stereocenters. The van der Waals surface area contributed by atoms with E-state index in [9.17, 15) is 4.79 Å². The van der Waals surface area contributed by atoms with Gasteiger partial charge >= 0.3 is 5.97 Å². The Morgan fingerprint density at radius 2 is 2.12 bits per heavy atom. The van der Waals surface area contributed by atoms with Gasteiger partial charge in [0.05, 0.1) is 10.7 Å². The Morgan fingerprint density at radius 3 is 2.69 bits per heavy atom. The van der Waals surface area contributed by atoms with Crippen molar-refractivity contribution in [1.29, 1.82) is 0 Å². The molecule has 0 aliphatic rings. The monoisotopic (exact) mass is 282 g/mol. The van der Waals surface area contributed by atoms with Gasteiger partial charge in [0.15, 0.2) is 5.69 Å². The summed E-state index contributed by atoms with van der Waals surface area (Å²) in [6.45, 7) is 0. The van der Waals surface area contributed by atoms with Crippen LogP contribution in [0.2, 0.25) is 0 Å². The molecular formula is C9H7BrN4O2. The van der Waals surface area contributed by atoms with Crippen LogP contribution in [-0.2, 0) is 7.05 Å². The molecule has 16 heavy (non-hydrogen) atoms. The molecule has 0 fully saturated rings. The molecule has 0 aliphatic heterocycles. The number of carbonyl (C=O) groups is 1. The molecule has 0 bridgehead atoms. The molecule has 0 saturated heterocycles. The first-order chi connectivity index (χ1) is 7.61. The first-order valence-corrected chi connectivity index (χ1v) is 5.12. The maximum Gasteiger partial charge on any atom is 0.356 e. The lowest BCUT2D eigenvalue weighted by molar-refractivity contribution is 0.0691. The Morgan fingerprint density at radius 1 is 1.44 bits per heavy atom. The van der Waals surface area contributed by atoms with Crippen molar-refractivity contribution < 1.29 is 9.90 Å². The second kappa shape index (κ2) is 4.01. The Kier molecular flexibility index (Phi) is 2.69. The molecule has 0 unspecified atom stereocenters. The Labute approximate surface area is 99.1 Å². The fourth-order valence-electron chi connectivity index (χ4n) is 1.34. The fraction of sp³-hybridized carbons (Fsp3) is 0.111. The van der Waals surface area contributed by atoms with Crippen LogP contribution in [0.25, 0.3) is 11.4 Å². The summed E-state index contributed by atoms with van der Waals surface area (Å²) in [5.74, 6) is -1.11. The van der Waals surface area contributed by atoms with Gasteiger partial charge in [0.25, 0.3) is 0 Å². The minimum Gasteiger partial charge on any atom is -0.476 e. The third-order valence-electron chi connectivity index (χ3n) is 2.02. The zero-order chi connectivity index (χ0) is 11.7. The van der Waals surface area contributed by atoms with Gasteiger partial charge in [-0.3, -0.25) is 9.67 Å². The van der Waals surface area contributed by atoms with E-state index in [1.54, 1.807) is 17.9 Å². The molecule has 2 aromatic rings. The average Bonchev–Trinajstić information content (AvgIpc) is 2.58. The van der Waals surface area contributed by atoms with Crippen molar-refractivity contribution in [3.63, 3.8) is 0 Å². The molecule has 82 valence electrons. The molecule has 0 aliphatic carbocycles. The third kappa shape index (κ3) is 1.69. The van der Waals surface area contributed by atoms with Crippen LogP contribution in [-0.4, -0.2) is 30.8 Å². The summed E-state index contributed by atoms with van der Waals surface area (Å²) >= 11 is 3.29. The molecular weight excluding hydrogens is 276 g/mol. The zero-order valence-electron chi connectivity index (χ0n) is 8.25. The third-order valence-corrected chi connectivity index (χ3v) is 2.60. The maximum atomic E-state index is 11.0. The van der Waals surface area contributed by atoms with Crippen LogP contribution in [0.1, 0.15) is 10.5 Å². The maximum absolute atomic E-state index is 11.0. The minimum atomic E-state index is -1.11. The molecule has 0 radical (unpaired) electrons. The summed E-state index contributed by atoms with van der Waals surface area (Å²) in [4.78, 5) is 18.8. The second-order valence-corrected chi connectivity index (χ2v) is 3.88. The van der Waals surface area contributed by atoms with Gasteiger partial charge < -0.3 is 5.11 Å². The predicted molar refractivity (Wildman–Crippen MR) is 58.9 cm³/mol. The molecule has 0 spiro atoms. The fourth-order valence-corrected chi connectivity index (χ4v) is 1.88. The van der Waals surface area contributed by atoms with Crippen molar-refractivity contribution in [2.45, 2.75) is 0 Å². The summed E-state index contributed by atoms with van der Waals surface area (Å²) in [6, 6.07) is 0. The van der Waals surface area contributed by atoms with Crippen molar-refractivity contribution in [2.24, 2.45) is 7.05 Å². The van der Waals surface area contributed by atoms with E-state index in [4.69, 9.17) is 5.11 Å². The molecule has 2 aromatic heterocycles. The van der Waals surface area contributed by atoms with Gasteiger partial charge in [0, 0.05) is 19.4 Å². The summed E-state index contributed by atoms with van der Waals surface area (Å²) in [6.07, 6.45) is 4.37. The first kappa shape index (κ1) is 10.7. The number of aromatic nitrogens is 4. The van der Waals surface area contributed by atoms with Gasteiger partial charge in [-0.25, -0.2) is 9.78 Å². The standard InChI is InChI=1S/C9H7BrN4O2/c1-14-8(5(10)4-13-14)6-7(9(15)16)12-3-2-11-6/h2-4H,1H3,(H,15,16). The first-order valence-electron chi connectivity index (χ1n) is 4.33. The van der Waals surface area contributed by atoms with Crippen LogP contribution >= 0.6 is 15.9 Å². The Balaban J connectivity index is 2.69. The molecule has 0 amide bonds. The number of nitrogens with zero attached hydrogens (tertiary/aromatic N) is 4. The van der Waals surface area contributed by atoms with Gasteiger partial charge in [0.1, 0.15) is 11.4 Å². The molecule has 7 heteroatoms. The largest absolute Gasteiger partial charge is 0.476 e. The van der Waals surface area contributed by atoms with Crippen LogP contribution in [0, 0.1) is 0 Å². The average molecular weight is 283 g/mol. The second-order valence-electron chi connectivity index (χ2n) is 3.02. The number of hydrogen-bond donors (Lipinski definition) is 1. The molecule has 0 aromatic carbocycles. The highest BCUT2D eigenvalue weighted by atomic mass is 79.9. The number of aromatic carboxylic acids is 1. The van der Waals surface area contributed by atoms with E-state index in [1.807, 2.05) is 0 Å². The molecule has 1 N–H and O–H groups in total. The number of carboxylic acid groups (broad SMARTS) is 1. The molecule has 6 nitrogen and oxygen atoms in total. The van der Waals surface area contributed by atoms with Gasteiger partial charge in [0.2, 0.25) is 0 Å². The highest BCUT2D eigenvalue weighted by Crippen LogP contribution is 2.27. The van der Waals surface area contributed by atoms with E-state index in [0.717, 1.165) is 0 Å². The van der Waals surface area contributed by atoms with Gasteiger partial charge in [-0.05, 0) is 15.9 Å². The van der Waals surface area contributed by atoms with E-state index in [0.29, 0.717) is 15.9 Å².